The van der Waals surface area contributed by atoms with Gasteiger partial charge in [0.05, 0.1) is 0 Å². The van der Waals surface area contributed by atoms with E-state index in [0.717, 1.165) is 60.9 Å². The van der Waals surface area contributed by atoms with Crippen LogP contribution >= 0.6 is 0 Å². The Morgan fingerprint density at radius 1 is 0.306 bits per heavy atom. The number of furan rings is 1. The normalized spacial score (nSPS) is 11.3. The molecule has 0 aliphatic carbocycles. The summed E-state index contributed by atoms with van der Waals surface area (Å²) >= 11 is 0. The molecule has 0 bridgehead atoms. The molecule has 0 saturated heterocycles. The van der Waals surface area contributed by atoms with Crippen LogP contribution in [0.25, 0.3) is 89.5 Å². The molecule has 230 valence electrons. The number of benzene rings is 7. The van der Waals surface area contributed by atoms with Crippen molar-refractivity contribution >= 4 is 21.9 Å². The van der Waals surface area contributed by atoms with Gasteiger partial charge in [-0.1, -0.05) is 164 Å². The van der Waals surface area contributed by atoms with Crippen LogP contribution < -0.4 is 0 Å². The molecular weight excluding hydrogens is 599 g/mol. The quantitative estimate of drug-likeness (QED) is 0.184. The zero-order valence-electron chi connectivity index (χ0n) is 26.5. The molecule has 49 heavy (non-hydrogen) atoms. The van der Waals surface area contributed by atoms with Crippen molar-refractivity contribution in [2.24, 2.45) is 0 Å². The molecule has 4 heteroatoms. The minimum Gasteiger partial charge on any atom is -0.455 e. The molecule has 0 saturated carbocycles. The largest absolute Gasteiger partial charge is 0.455 e. The van der Waals surface area contributed by atoms with Gasteiger partial charge in [0.25, 0.3) is 0 Å². The van der Waals surface area contributed by atoms with Crippen LogP contribution in [-0.2, 0) is 0 Å². The lowest BCUT2D eigenvalue weighted by atomic mass is 9.93. The van der Waals surface area contributed by atoms with Crippen molar-refractivity contribution in [1.29, 1.82) is 0 Å². The van der Waals surface area contributed by atoms with Crippen molar-refractivity contribution in [2.75, 3.05) is 0 Å². The first-order valence-corrected chi connectivity index (χ1v) is 16.4. The Morgan fingerprint density at radius 3 is 1.27 bits per heavy atom. The SMILES string of the molecule is c1ccc(-c2ccc(-c3ccc(-c4ccc(-c5nc(-c6ccccc6)nc(-c6ccccc6)n5)cc4)c4oc5ccccc5c34)cc2)cc1. The average molecular weight is 628 g/mol. The minimum absolute atomic E-state index is 0.627. The molecule has 2 aromatic heterocycles. The maximum absolute atomic E-state index is 6.60. The molecule has 0 N–H and O–H groups in total. The van der Waals surface area contributed by atoms with Crippen molar-refractivity contribution in [3.8, 4) is 67.5 Å². The zero-order chi connectivity index (χ0) is 32.6. The van der Waals surface area contributed by atoms with Gasteiger partial charge in [0.1, 0.15) is 11.2 Å². The van der Waals surface area contributed by atoms with Gasteiger partial charge in [0.2, 0.25) is 0 Å². The maximum Gasteiger partial charge on any atom is 0.164 e. The molecule has 7 aromatic carbocycles. The van der Waals surface area contributed by atoms with Gasteiger partial charge in [-0.3, -0.25) is 0 Å². The van der Waals surface area contributed by atoms with Gasteiger partial charge in [-0.25, -0.2) is 15.0 Å². The highest BCUT2D eigenvalue weighted by molar-refractivity contribution is 6.16. The number of hydrogen-bond donors (Lipinski definition) is 0. The highest BCUT2D eigenvalue weighted by Gasteiger charge is 2.18. The maximum atomic E-state index is 6.60. The summed E-state index contributed by atoms with van der Waals surface area (Å²) in [5.41, 5.74) is 11.3. The van der Waals surface area contributed by atoms with E-state index in [1.165, 1.54) is 11.1 Å². The fraction of sp³-hybridized carbons (Fsp3) is 0. The third-order valence-corrected chi connectivity index (χ3v) is 8.98. The lowest BCUT2D eigenvalue weighted by Gasteiger charge is -2.11. The van der Waals surface area contributed by atoms with Crippen molar-refractivity contribution < 1.29 is 4.42 Å². The molecular formula is C45H29N3O. The molecule has 0 aliphatic heterocycles. The lowest BCUT2D eigenvalue weighted by molar-refractivity contribution is 0.670. The van der Waals surface area contributed by atoms with Crippen molar-refractivity contribution in [1.82, 2.24) is 15.0 Å². The molecule has 0 atom stereocenters. The topological polar surface area (TPSA) is 51.8 Å². The van der Waals surface area contributed by atoms with Crippen molar-refractivity contribution in [2.45, 2.75) is 0 Å². The summed E-state index contributed by atoms with van der Waals surface area (Å²) in [6, 6.07) is 60.4. The summed E-state index contributed by atoms with van der Waals surface area (Å²) < 4.78 is 6.60. The van der Waals surface area contributed by atoms with Crippen LogP contribution in [0.4, 0.5) is 0 Å². The Morgan fingerprint density at radius 2 is 0.694 bits per heavy atom. The van der Waals surface area contributed by atoms with Crippen LogP contribution in [0.2, 0.25) is 0 Å². The summed E-state index contributed by atoms with van der Waals surface area (Å²) in [6.45, 7) is 0. The number of hydrogen-bond acceptors (Lipinski definition) is 4. The third-order valence-electron chi connectivity index (χ3n) is 8.98. The monoisotopic (exact) mass is 627 g/mol. The molecule has 0 radical (unpaired) electrons. The number of rotatable bonds is 6. The number of fused-ring (bicyclic) bond motifs is 3. The van der Waals surface area contributed by atoms with Gasteiger partial charge < -0.3 is 4.42 Å². The second-order valence-electron chi connectivity index (χ2n) is 12.0. The Bertz CT molecular complexity index is 2500. The Hall–Kier alpha value is -6.65. The van der Waals surface area contributed by atoms with E-state index >= 15 is 0 Å². The molecule has 0 aliphatic rings. The van der Waals surface area contributed by atoms with Gasteiger partial charge in [-0.15, -0.1) is 0 Å². The van der Waals surface area contributed by atoms with Gasteiger partial charge in [-0.05, 0) is 39.9 Å². The molecule has 0 spiro atoms. The molecule has 9 aromatic rings. The smallest absolute Gasteiger partial charge is 0.164 e. The number of nitrogens with zero attached hydrogens (tertiary/aromatic N) is 3. The molecule has 9 rings (SSSR count). The van der Waals surface area contributed by atoms with E-state index in [0.29, 0.717) is 17.5 Å². The molecule has 4 nitrogen and oxygen atoms in total. The fourth-order valence-electron chi connectivity index (χ4n) is 6.51. The van der Waals surface area contributed by atoms with Crippen LogP contribution in [0, 0.1) is 0 Å². The standard InChI is InChI=1S/C45H29N3O/c1-4-12-30(13-5-1)31-20-22-32(23-21-31)37-28-29-38(42-41(37)39-18-10-11-19-40(39)49-42)33-24-26-36(27-25-33)45-47-43(34-14-6-2-7-15-34)46-44(48-45)35-16-8-3-9-17-35/h1-29H. The predicted molar refractivity (Wildman–Crippen MR) is 200 cm³/mol. The molecule has 0 unspecified atom stereocenters. The van der Waals surface area contributed by atoms with E-state index in [-0.39, 0.29) is 0 Å². The first kappa shape index (κ1) is 28.6. The van der Waals surface area contributed by atoms with Crippen molar-refractivity contribution in [3.63, 3.8) is 0 Å². The summed E-state index contributed by atoms with van der Waals surface area (Å²) in [5.74, 6) is 1.91. The zero-order valence-corrected chi connectivity index (χ0v) is 26.5. The van der Waals surface area contributed by atoms with E-state index in [4.69, 9.17) is 19.4 Å². The lowest BCUT2D eigenvalue weighted by Crippen LogP contribution is -2.00. The van der Waals surface area contributed by atoms with Crippen molar-refractivity contribution in [3.05, 3.63) is 176 Å². The number of para-hydroxylation sites is 1. The highest BCUT2D eigenvalue weighted by Crippen LogP contribution is 2.42. The molecule has 0 fully saturated rings. The summed E-state index contributed by atoms with van der Waals surface area (Å²) in [4.78, 5) is 14.7. The van der Waals surface area contributed by atoms with Crippen LogP contribution in [0.3, 0.4) is 0 Å². The Labute approximate surface area is 284 Å². The first-order valence-electron chi connectivity index (χ1n) is 16.4. The Kier molecular flexibility index (Phi) is 7.10. The summed E-state index contributed by atoms with van der Waals surface area (Å²) in [7, 11) is 0. The second-order valence-corrected chi connectivity index (χ2v) is 12.0. The third kappa shape index (κ3) is 5.35. The van der Waals surface area contributed by atoms with Crippen LogP contribution in [-0.4, -0.2) is 15.0 Å². The molecule has 2 heterocycles. The predicted octanol–water partition coefficient (Wildman–Crippen LogP) is 11.8. The summed E-state index contributed by atoms with van der Waals surface area (Å²) in [6.07, 6.45) is 0. The minimum atomic E-state index is 0.627. The van der Waals surface area contributed by atoms with E-state index < -0.39 is 0 Å². The van der Waals surface area contributed by atoms with Gasteiger partial charge >= 0.3 is 0 Å². The second kappa shape index (κ2) is 12.2. The average Bonchev–Trinajstić information content (AvgIpc) is 3.58. The van der Waals surface area contributed by atoms with Crippen LogP contribution in [0.15, 0.2) is 180 Å². The fourth-order valence-corrected chi connectivity index (χ4v) is 6.51. The van der Waals surface area contributed by atoms with E-state index in [9.17, 15) is 0 Å². The summed E-state index contributed by atoms with van der Waals surface area (Å²) in [5, 5.41) is 2.22. The van der Waals surface area contributed by atoms with Crippen LogP contribution in [0.1, 0.15) is 0 Å². The highest BCUT2D eigenvalue weighted by atomic mass is 16.3. The van der Waals surface area contributed by atoms with Gasteiger partial charge in [-0.2, -0.15) is 0 Å². The van der Waals surface area contributed by atoms with Gasteiger partial charge in [0, 0.05) is 33.0 Å². The number of aromatic nitrogens is 3. The first-order chi connectivity index (χ1) is 24.3. The molecule has 0 amide bonds. The van der Waals surface area contributed by atoms with Gasteiger partial charge in [0.15, 0.2) is 17.5 Å². The van der Waals surface area contributed by atoms with E-state index in [2.05, 4.69) is 97.1 Å². The Balaban J connectivity index is 1.13. The van der Waals surface area contributed by atoms with E-state index in [1.807, 2.05) is 78.9 Å². The van der Waals surface area contributed by atoms with Crippen LogP contribution in [0.5, 0.6) is 0 Å². The van der Waals surface area contributed by atoms with E-state index in [1.54, 1.807) is 0 Å².